The van der Waals surface area contributed by atoms with Gasteiger partial charge in [-0.2, -0.15) is 8.78 Å². The average Bonchev–Trinajstić information content (AvgIpc) is 2.70. The van der Waals surface area contributed by atoms with Crippen LogP contribution in [0.1, 0.15) is 38.5 Å². The average molecular weight is 432 g/mol. The Balaban J connectivity index is 1.92. The molecule has 0 radical (unpaired) electrons. The van der Waals surface area contributed by atoms with E-state index in [0.29, 0.717) is 13.0 Å². The molecule has 3 rings (SSSR count). The van der Waals surface area contributed by atoms with Gasteiger partial charge in [0.1, 0.15) is 10.6 Å². The summed E-state index contributed by atoms with van der Waals surface area (Å²) in [5.74, 6) is -0.955. The molecule has 2 fully saturated rings. The fourth-order valence-electron chi connectivity index (χ4n) is 3.98. The quantitative estimate of drug-likeness (QED) is 0.633. The molecule has 10 heteroatoms. The fourth-order valence-corrected chi connectivity index (χ4v) is 5.96. The first-order chi connectivity index (χ1) is 13.7. The lowest BCUT2D eigenvalue weighted by Crippen LogP contribution is -2.58. The van der Waals surface area contributed by atoms with Crippen molar-refractivity contribution in [3.63, 3.8) is 0 Å². The van der Waals surface area contributed by atoms with Crippen LogP contribution in [-0.4, -0.2) is 50.1 Å². The summed E-state index contributed by atoms with van der Waals surface area (Å²) < 4.78 is 56.4. The molecule has 1 aromatic carbocycles. The smallest absolute Gasteiger partial charge is 0.387 e. The third-order valence-electron chi connectivity index (χ3n) is 5.64. The zero-order valence-corrected chi connectivity index (χ0v) is 16.8. The number of hydrogen-bond donors (Lipinski definition) is 3. The Morgan fingerprint density at radius 1 is 1.28 bits per heavy atom. The summed E-state index contributed by atoms with van der Waals surface area (Å²) >= 11 is 0. The van der Waals surface area contributed by atoms with Gasteiger partial charge >= 0.3 is 6.61 Å². The summed E-state index contributed by atoms with van der Waals surface area (Å²) in [5, 5.41) is 15.8. The number of carbonyl (C=O) groups excluding carboxylic acids is 1. The van der Waals surface area contributed by atoms with E-state index in [1.54, 1.807) is 0 Å². The summed E-state index contributed by atoms with van der Waals surface area (Å²) in [6, 6.07) is 4.91. The van der Waals surface area contributed by atoms with E-state index in [4.69, 9.17) is 0 Å². The minimum Gasteiger partial charge on any atom is -0.435 e. The summed E-state index contributed by atoms with van der Waals surface area (Å²) in [5.41, 5.74) is 0. The Morgan fingerprint density at radius 3 is 2.62 bits per heavy atom. The molecule has 7 nitrogen and oxygen atoms in total. The van der Waals surface area contributed by atoms with Gasteiger partial charge < -0.3 is 20.5 Å². The number of halogens is 2. The van der Waals surface area contributed by atoms with Crippen LogP contribution >= 0.6 is 0 Å². The normalized spacial score (nSPS) is 28.1. The van der Waals surface area contributed by atoms with Crippen molar-refractivity contribution in [3.05, 3.63) is 24.3 Å². The summed E-state index contributed by atoms with van der Waals surface area (Å²) in [4.78, 5) is 11.0. The summed E-state index contributed by atoms with van der Waals surface area (Å²) in [6.45, 7) is -1.79. The third-order valence-corrected chi connectivity index (χ3v) is 8.05. The number of benzene rings is 1. The molecule has 1 aromatic rings. The molecule has 0 aromatic heterocycles. The lowest BCUT2D eigenvalue weighted by molar-refractivity contribution is -0.127. The number of ether oxygens (including phenoxy) is 1. The third kappa shape index (κ3) is 4.87. The number of hydrogen-bond acceptors (Lipinski definition) is 6. The van der Waals surface area contributed by atoms with Gasteiger partial charge in [0.25, 0.3) is 0 Å². The Kier molecular flexibility index (Phi) is 6.75. The Bertz CT molecular complexity index is 820. The second-order valence-electron chi connectivity index (χ2n) is 7.61. The van der Waals surface area contributed by atoms with Crippen molar-refractivity contribution in [3.8, 4) is 5.75 Å². The molecule has 1 amide bonds. The first-order valence-electron chi connectivity index (χ1n) is 9.74. The number of sulfone groups is 1. The molecule has 1 aliphatic carbocycles. The molecule has 1 heterocycles. The van der Waals surface area contributed by atoms with Gasteiger partial charge in [-0.1, -0.05) is 6.07 Å². The largest absolute Gasteiger partial charge is 0.435 e. The fraction of sp³-hybridized carbons (Fsp3) is 0.632. The van der Waals surface area contributed by atoms with Crippen LogP contribution < -0.4 is 15.4 Å². The molecule has 1 saturated carbocycles. The topological polar surface area (TPSA) is 105 Å². The number of piperidine rings is 1. The van der Waals surface area contributed by atoms with E-state index in [-0.39, 0.29) is 48.2 Å². The maximum atomic E-state index is 13.5. The number of aliphatic hydroxyl groups is 1. The highest BCUT2D eigenvalue weighted by Crippen LogP contribution is 2.38. The first kappa shape index (κ1) is 21.9. The highest BCUT2D eigenvalue weighted by molar-refractivity contribution is 7.92. The molecule has 0 unspecified atom stereocenters. The van der Waals surface area contributed by atoms with E-state index in [1.165, 1.54) is 18.2 Å². The van der Waals surface area contributed by atoms with Gasteiger partial charge in [0, 0.05) is 6.54 Å². The summed E-state index contributed by atoms with van der Waals surface area (Å²) in [6.07, 6.45) is 1.37. The SMILES string of the molecule is O=C(NC1(S(=O)(=O)c2cccc(OC(F)F)c2)CCC(O)CC1)[C@H]1CCCNC1. The molecular formula is C19H26F2N2O5S. The number of nitrogens with one attached hydrogen (secondary N) is 2. The molecule has 0 bridgehead atoms. The lowest BCUT2D eigenvalue weighted by Gasteiger charge is -2.40. The second-order valence-corrected chi connectivity index (χ2v) is 9.87. The van der Waals surface area contributed by atoms with E-state index in [1.807, 2.05) is 0 Å². The standard InChI is InChI=1S/C19H26F2N2O5S/c20-18(21)28-15-4-1-5-16(11-15)29(26,27)19(8-6-14(24)7-9-19)23-17(25)13-3-2-10-22-12-13/h1,4-5,11,13-14,18,22,24H,2-3,6-10,12H2,(H,23,25)/t13-,14?,19?/m0/s1. The molecular weight excluding hydrogens is 406 g/mol. The van der Waals surface area contributed by atoms with Crippen LogP contribution in [0.2, 0.25) is 0 Å². The predicted molar refractivity (Wildman–Crippen MR) is 101 cm³/mol. The van der Waals surface area contributed by atoms with Gasteiger partial charge in [-0.3, -0.25) is 4.79 Å². The summed E-state index contributed by atoms with van der Waals surface area (Å²) in [7, 11) is -4.13. The van der Waals surface area contributed by atoms with E-state index in [9.17, 15) is 27.1 Å². The van der Waals surface area contributed by atoms with Crippen molar-refractivity contribution in [1.29, 1.82) is 0 Å². The number of rotatable bonds is 6. The van der Waals surface area contributed by atoms with Crippen LogP contribution in [0.25, 0.3) is 0 Å². The maximum Gasteiger partial charge on any atom is 0.387 e. The molecule has 1 saturated heterocycles. The molecule has 0 spiro atoms. The molecule has 162 valence electrons. The van der Waals surface area contributed by atoms with Gasteiger partial charge in [0.05, 0.1) is 16.9 Å². The second kappa shape index (κ2) is 8.93. The van der Waals surface area contributed by atoms with Crippen molar-refractivity contribution in [2.24, 2.45) is 5.92 Å². The minimum atomic E-state index is -4.13. The lowest BCUT2D eigenvalue weighted by atomic mass is 9.91. The van der Waals surface area contributed by atoms with Gasteiger partial charge in [-0.15, -0.1) is 0 Å². The molecule has 3 N–H and O–H groups in total. The van der Waals surface area contributed by atoms with Crippen molar-refractivity contribution in [2.45, 2.75) is 61.0 Å². The van der Waals surface area contributed by atoms with E-state index >= 15 is 0 Å². The van der Waals surface area contributed by atoms with E-state index < -0.39 is 27.4 Å². The molecule has 29 heavy (non-hydrogen) atoms. The highest BCUT2D eigenvalue weighted by Gasteiger charge is 2.49. The molecule has 1 aliphatic heterocycles. The number of amides is 1. The van der Waals surface area contributed by atoms with E-state index in [0.717, 1.165) is 19.0 Å². The first-order valence-corrected chi connectivity index (χ1v) is 11.2. The number of alkyl halides is 2. The Morgan fingerprint density at radius 2 is 2.00 bits per heavy atom. The van der Waals surface area contributed by atoms with Crippen LogP contribution in [0.15, 0.2) is 29.2 Å². The number of carbonyl (C=O) groups is 1. The van der Waals surface area contributed by atoms with Crippen molar-refractivity contribution in [2.75, 3.05) is 13.1 Å². The zero-order valence-electron chi connectivity index (χ0n) is 15.9. The van der Waals surface area contributed by atoms with Crippen LogP contribution in [0.3, 0.4) is 0 Å². The van der Waals surface area contributed by atoms with Crippen molar-refractivity contribution >= 4 is 15.7 Å². The molecule has 1 atom stereocenters. The van der Waals surface area contributed by atoms with Crippen LogP contribution in [0.5, 0.6) is 5.75 Å². The monoisotopic (exact) mass is 432 g/mol. The highest BCUT2D eigenvalue weighted by atomic mass is 32.2. The number of aliphatic hydroxyl groups excluding tert-OH is 1. The van der Waals surface area contributed by atoms with Crippen LogP contribution in [-0.2, 0) is 14.6 Å². The molecule has 2 aliphatic rings. The van der Waals surface area contributed by atoms with Gasteiger partial charge in [0.15, 0.2) is 0 Å². The van der Waals surface area contributed by atoms with Crippen molar-refractivity contribution < 1.29 is 31.8 Å². The minimum absolute atomic E-state index is 0.0440. The van der Waals surface area contributed by atoms with Gasteiger partial charge in [0.2, 0.25) is 15.7 Å². The van der Waals surface area contributed by atoms with Gasteiger partial charge in [-0.05, 0) is 63.3 Å². The van der Waals surface area contributed by atoms with Crippen LogP contribution in [0.4, 0.5) is 8.78 Å². The Labute approximate surface area is 168 Å². The zero-order chi connectivity index (χ0) is 21.1. The van der Waals surface area contributed by atoms with E-state index in [2.05, 4.69) is 15.4 Å². The van der Waals surface area contributed by atoms with Crippen molar-refractivity contribution in [1.82, 2.24) is 10.6 Å². The maximum absolute atomic E-state index is 13.5. The van der Waals surface area contributed by atoms with Crippen LogP contribution in [0, 0.1) is 5.92 Å². The predicted octanol–water partition coefficient (Wildman–Crippen LogP) is 1.81. The Hall–Kier alpha value is -1.78. The van der Waals surface area contributed by atoms with Gasteiger partial charge in [-0.25, -0.2) is 8.42 Å².